The SMILES string of the molecule is NC1N=[N+]([O-])c2ccccc2N1O. The van der Waals surface area contributed by atoms with Crippen molar-refractivity contribution < 1.29 is 10.1 Å². The summed E-state index contributed by atoms with van der Waals surface area (Å²) < 4.78 is 0. The van der Waals surface area contributed by atoms with Crippen LogP contribution in [-0.2, 0) is 0 Å². The Kier molecular flexibility index (Phi) is 1.64. The van der Waals surface area contributed by atoms with E-state index in [0.29, 0.717) is 10.5 Å². The summed E-state index contributed by atoms with van der Waals surface area (Å²) in [6.45, 7) is 0. The van der Waals surface area contributed by atoms with E-state index < -0.39 is 6.29 Å². The van der Waals surface area contributed by atoms with E-state index in [0.717, 1.165) is 5.06 Å². The van der Waals surface area contributed by atoms with Gasteiger partial charge in [0.25, 0.3) is 12.0 Å². The quantitative estimate of drug-likeness (QED) is 0.455. The predicted molar refractivity (Wildman–Crippen MR) is 44.4 cm³/mol. The molecule has 6 heteroatoms. The molecule has 0 amide bonds. The van der Waals surface area contributed by atoms with Crippen LogP contribution in [0.25, 0.3) is 0 Å². The van der Waals surface area contributed by atoms with Crippen molar-refractivity contribution in [3.63, 3.8) is 0 Å². The van der Waals surface area contributed by atoms with Gasteiger partial charge in [-0.3, -0.25) is 10.9 Å². The first-order valence-electron chi connectivity index (χ1n) is 3.71. The molecule has 1 aliphatic rings. The molecule has 1 unspecified atom stereocenters. The smallest absolute Gasteiger partial charge is 0.270 e. The summed E-state index contributed by atoms with van der Waals surface area (Å²) in [5, 5.41) is 24.8. The van der Waals surface area contributed by atoms with Gasteiger partial charge in [-0.15, -0.1) is 0 Å². The molecule has 6 nitrogen and oxygen atoms in total. The predicted octanol–water partition coefficient (Wildman–Crippen LogP) is 0.732. The molecule has 1 aliphatic heterocycles. The summed E-state index contributed by atoms with van der Waals surface area (Å²) in [6, 6.07) is 6.54. The number of benzene rings is 1. The molecule has 3 N–H and O–H groups in total. The first kappa shape index (κ1) is 7.96. The summed E-state index contributed by atoms with van der Waals surface area (Å²) in [7, 11) is 0. The van der Waals surface area contributed by atoms with E-state index in [-0.39, 0.29) is 5.69 Å². The lowest BCUT2D eigenvalue weighted by molar-refractivity contribution is -0.450. The molecule has 0 radical (unpaired) electrons. The number of hydrogen-bond donors (Lipinski definition) is 2. The highest BCUT2D eigenvalue weighted by atomic mass is 16.5. The average Bonchev–Trinajstić information content (AvgIpc) is 2.15. The highest BCUT2D eigenvalue weighted by molar-refractivity contribution is 5.62. The molecule has 1 aromatic rings. The normalized spacial score (nSPS) is 20.9. The third-order valence-corrected chi connectivity index (χ3v) is 1.81. The molecular weight excluding hydrogens is 172 g/mol. The Labute approximate surface area is 74.0 Å². The first-order valence-corrected chi connectivity index (χ1v) is 3.71. The standard InChI is InChI=1S/C7H8N4O2/c8-7-9-11(13)6-4-2-1-3-5(6)10(7)12/h1-4,7,12H,8H2. The number of azo groups is 1. The average molecular weight is 180 g/mol. The van der Waals surface area contributed by atoms with Crippen molar-refractivity contribution in [2.45, 2.75) is 6.29 Å². The fourth-order valence-corrected chi connectivity index (χ4v) is 1.18. The number of hydroxylamine groups is 1. The van der Waals surface area contributed by atoms with Gasteiger partial charge in [0.05, 0.1) is 0 Å². The van der Waals surface area contributed by atoms with Gasteiger partial charge < -0.3 is 5.21 Å². The van der Waals surface area contributed by atoms with Crippen molar-refractivity contribution in [3.8, 4) is 0 Å². The molecule has 1 aromatic carbocycles. The Bertz CT molecular complexity index is 365. The number of rotatable bonds is 0. The molecule has 0 aromatic heterocycles. The molecule has 0 spiro atoms. The highest BCUT2D eigenvalue weighted by Gasteiger charge is 2.27. The molecule has 68 valence electrons. The summed E-state index contributed by atoms with van der Waals surface area (Å²) in [4.78, 5) is 0.409. The minimum Gasteiger partial charge on any atom is -0.594 e. The van der Waals surface area contributed by atoms with Gasteiger partial charge in [0.15, 0.2) is 0 Å². The van der Waals surface area contributed by atoms with Crippen LogP contribution in [0.4, 0.5) is 11.4 Å². The molecule has 0 saturated carbocycles. The van der Waals surface area contributed by atoms with Crippen molar-refractivity contribution in [2.75, 3.05) is 5.06 Å². The fourth-order valence-electron chi connectivity index (χ4n) is 1.18. The van der Waals surface area contributed by atoms with Crippen molar-refractivity contribution >= 4 is 11.4 Å². The molecule has 0 fully saturated rings. The zero-order valence-corrected chi connectivity index (χ0v) is 6.66. The molecule has 2 rings (SSSR count). The van der Waals surface area contributed by atoms with Crippen molar-refractivity contribution in [3.05, 3.63) is 29.5 Å². The maximum atomic E-state index is 11.2. The Morgan fingerprint density at radius 2 is 2.23 bits per heavy atom. The summed E-state index contributed by atoms with van der Waals surface area (Å²) in [5.41, 5.74) is 6.00. The monoisotopic (exact) mass is 180 g/mol. The van der Waals surface area contributed by atoms with E-state index in [9.17, 15) is 10.4 Å². The molecule has 0 saturated heterocycles. The van der Waals surface area contributed by atoms with Crippen LogP contribution in [-0.4, -0.2) is 16.4 Å². The van der Waals surface area contributed by atoms with Crippen LogP contribution in [0.1, 0.15) is 0 Å². The van der Waals surface area contributed by atoms with Gasteiger partial charge in [-0.2, -0.15) is 0 Å². The Morgan fingerprint density at radius 1 is 1.54 bits per heavy atom. The molecule has 13 heavy (non-hydrogen) atoms. The first-order chi connectivity index (χ1) is 6.20. The van der Waals surface area contributed by atoms with Gasteiger partial charge >= 0.3 is 0 Å². The topological polar surface area (TPSA) is 87.9 Å². The molecule has 1 atom stereocenters. The summed E-state index contributed by atoms with van der Waals surface area (Å²) >= 11 is 0. The largest absolute Gasteiger partial charge is 0.594 e. The summed E-state index contributed by atoms with van der Waals surface area (Å²) in [5.74, 6) is 0. The zero-order valence-electron chi connectivity index (χ0n) is 6.66. The minimum absolute atomic E-state index is 0.284. The molecular formula is C7H8N4O2. The van der Waals surface area contributed by atoms with Crippen LogP contribution in [0, 0.1) is 5.21 Å². The van der Waals surface area contributed by atoms with E-state index in [1.54, 1.807) is 24.3 Å². The number of nitrogens with zero attached hydrogens (tertiary/aromatic N) is 3. The zero-order chi connectivity index (χ0) is 9.42. The third kappa shape index (κ3) is 1.12. The second kappa shape index (κ2) is 2.68. The van der Waals surface area contributed by atoms with E-state index in [1.807, 2.05) is 0 Å². The lowest BCUT2D eigenvalue weighted by Crippen LogP contribution is -2.41. The van der Waals surface area contributed by atoms with Gasteiger partial charge in [-0.1, -0.05) is 12.1 Å². The van der Waals surface area contributed by atoms with Crippen LogP contribution in [0.2, 0.25) is 0 Å². The van der Waals surface area contributed by atoms with Gasteiger partial charge in [0, 0.05) is 11.2 Å². The minimum atomic E-state index is -1.03. The number of nitrogens with two attached hydrogens (primary N) is 1. The second-order valence-corrected chi connectivity index (χ2v) is 2.64. The number of anilines is 1. The fraction of sp³-hybridized carbons (Fsp3) is 0.143. The Hall–Kier alpha value is -1.66. The van der Waals surface area contributed by atoms with Gasteiger partial charge in [0.2, 0.25) is 0 Å². The summed E-state index contributed by atoms with van der Waals surface area (Å²) in [6.07, 6.45) is -1.03. The molecule has 1 heterocycles. The maximum Gasteiger partial charge on any atom is 0.270 e. The van der Waals surface area contributed by atoms with Gasteiger partial charge in [-0.25, -0.2) is 5.06 Å². The number of hydrogen-bond acceptors (Lipinski definition) is 5. The second-order valence-electron chi connectivity index (χ2n) is 2.64. The number of fused-ring (bicyclic) bond motifs is 1. The molecule has 0 aliphatic carbocycles. The van der Waals surface area contributed by atoms with Gasteiger partial charge in [0.1, 0.15) is 5.69 Å². The van der Waals surface area contributed by atoms with Crippen LogP contribution < -0.4 is 10.8 Å². The van der Waals surface area contributed by atoms with E-state index in [4.69, 9.17) is 5.73 Å². The third-order valence-electron chi connectivity index (χ3n) is 1.81. The Morgan fingerprint density at radius 3 is 3.00 bits per heavy atom. The van der Waals surface area contributed by atoms with E-state index in [1.165, 1.54) is 0 Å². The van der Waals surface area contributed by atoms with Crippen LogP contribution in [0.5, 0.6) is 0 Å². The lowest BCUT2D eigenvalue weighted by Gasteiger charge is -2.23. The maximum absolute atomic E-state index is 11.2. The van der Waals surface area contributed by atoms with Crippen LogP contribution in [0.3, 0.4) is 0 Å². The van der Waals surface area contributed by atoms with Crippen LogP contribution in [0.15, 0.2) is 29.4 Å². The van der Waals surface area contributed by atoms with E-state index in [2.05, 4.69) is 5.11 Å². The molecule has 0 bridgehead atoms. The van der Waals surface area contributed by atoms with Crippen molar-refractivity contribution in [1.29, 1.82) is 0 Å². The van der Waals surface area contributed by atoms with Crippen molar-refractivity contribution in [2.24, 2.45) is 10.8 Å². The lowest BCUT2D eigenvalue weighted by atomic mass is 10.2. The Balaban J connectivity index is 2.58. The van der Waals surface area contributed by atoms with Crippen LogP contribution >= 0.6 is 0 Å². The van der Waals surface area contributed by atoms with E-state index >= 15 is 0 Å². The highest BCUT2D eigenvalue weighted by Crippen LogP contribution is 2.30. The van der Waals surface area contributed by atoms with Gasteiger partial charge in [-0.05, 0) is 10.9 Å². The van der Waals surface area contributed by atoms with Crippen molar-refractivity contribution in [1.82, 2.24) is 0 Å². The number of para-hydroxylation sites is 2.